The molecule has 0 aliphatic rings. The van der Waals surface area contributed by atoms with Crippen molar-refractivity contribution in [3.05, 3.63) is 261 Å². The molecule has 17 aromatic rings. The van der Waals surface area contributed by atoms with Crippen LogP contribution in [-0.4, -0.2) is 43.6 Å². The second kappa shape index (κ2) is 18.3. The third-order valence-corrected chi connectivity index (χ3v) is 17.1. The molecular formula is C72H43N9S. The zero-order valence-electron chi connectivity index (χ0n) is 43.8. The summed E-state index contributed by atoms with van der Waals surface area (Å²) in [6.07, 6.45) is 0. The molecule has 82 heavy (non-hydrogen) atoms. The summed E-state index contributed by atoms with van der Waals surface area (Å²) in [6.45, 7) is 0. The Morgan fingerprint density at radius 1 is 0.268 bits per heavy atom. The van der Waals surface area contributed by atoms with E-state index >= 15 is 0 Å². The van der Waals surface area contributed by atoms with Crippen molar-refractivity contribution >= 4 is 96.9 Å². The lowest BCUT2D eigenvalue weighted by Crippen LogP contribution is -2.07. The fourth-order valence-electron chi connectivity index (χ4n) is 12.4. The highest BCUT2D eigenvalue weighted by Gasteiger charge is 2.27. The molecule has 0 N–H and O–H groups in total. The zero-order valence-corrected chi connectivity index (χ0v) is 44.6. The van der Waals surface area contributed by atoms with Crippen LogP contribution in [0.25, 0.3) is 160 Å². The van der Waals surface area contributed by atoms with Gasteiger partial charge in [-0.3, -0.25) is 9.13 Å². The number of rotatable bonds is 8. The first-order chi connectivity index (χ1) is 40.7. The quantitative estimate of drug-likeness (QED) is 0.151. The first kappa shape index (κ1) is 46.0. The minimum absolute atomic E-state index is 0.525. The third-order valence-electron chi connectivity index (χ3n) is 15.9. The predicted molar refractivity (Wildman–Crippen MR) is 336 cm³/mol. The van der Waals surface area contributed by atoms with Crippen LogP contribution in [0.2, 0.25) is 0 Å². The van der Waals surface area contributed by atoms with Crippen LogP contribution in [0.3, 0.4) is 0 Å². The van der Waals surface area contributed by atoms with Gasteiger partial charge in [-0.1, -0.05) is 212 Å². The molecule has 10 heteroatoms. The maximum Gasteiger partial charge on any atom is 0.238 e. The van der Waals surface area contributed by atoms with Gasteiger partial charge in [0.05, 0.1) is 37.8 Å². The molecule has 382 valence electrons. The van der Waals surface area contributed by atoms with Crippen molar-refractivity contribution in [3.8, 4) is 74.3 Å². The molecule has 9 nitrogen and oxygen atoms in total. The van der Waals surface area contributed by atoms with E-state index in [1.165, 1.54) is 15.5 Å². The Hall–Kier alpha value is -10.9. The van der Waals surface area contributed by atoms with Crippen LogP contribution < -0.4 is 0 Å². The Bertz CT molecular complexity index is 5340. The molecular weight excluding hydrogens is 1020 g/mol. The molecule has 11 aromatic carbocycles. The van der Waals surface area contributed by atoms with Crippen LogP contribution in [0.5, 0.6) is 0 Å². The molecule has 0 saturated carbocycles. The summed E-state index contributed by atoms with van der Waals surface area (Å²) in [7, 11) is 0. The summed E-state index contributed by atoms with van der Waals surface area (Å²) in [5.41, 5.74) is 13.0. The second-order valence-electron chi connectivity index (χ2n) is 20.6. The maximum absolute atomic E-state index is 5.58. The summed E-state index contributed by atoms with van der Waals surface area (Å²) in [5.74, 6) is 3.40. The highest BCUT2D eigenvalue weighted by atomic mass is 32.1. The van der Waals surface area contributed by atoms with Gasteiger partial charge < -0.3 is 4.57 Å². The SMILES string of the molecule is c1ccc(-c2nc(-c3ccccc3)nc(-n3c4ccccc4c4c(-c5cccc(-c6nc(-c7ccccc7)nc(-n7c8ccccc8c8ccc9c%10ccccc%10n(-c%10ccccc%10)c9c87)n6)c5)cc5c6ccccc6sc5c43)n2)cc1. The second-order valence-corrected chi connectivity index (χ2v) is 21.7. The van der Waals surface area contributed by atoms with E-state index in [0.29, 0.717) is 35.2 Å². The lowest BCUT2D eigenvalue weighted by atomic mass is 9.95. The summed E-state index contributed by atoms with van der Waals surface area (Å²) in [4.78, 5) is 32.2. The molecule has 0 unspecified atom stereocenters. The summed E-state index contributed by atoms with van der Waals surface area (Å²) < 4.78 is 9.26. The summed E-state index contributed by atoms with van der Waals surface area (Å²) in [6, 6.07) is 91.5. The maximum atomic E-state index is 5.58. The van der Waals surface area contributed by atoms with Crippen molar-refractivity contribution in [2.45, 2.75) is 0 Å². The van der Waals surface area contributed by atoms with Gasteiger partial charge in [0.25, 0.3) is 0 Å². The van der Waals surface area contributed by atoms with E-state index in [2.05, 4.69) is 220 Å². The molecule has 0 fully saturated rings. The number of benzene rings is 11. The van der Waals surface area contributed by atoms with Crippen molar-refractivity contribution in [2.75, 3.05) is 0 Å². The van der Waals surface area contributed by atoms with Gasteiger partial charge in [0.2, 0.25) is 11.9 Å². The standard InChI is InChI=1S/C72H43N9S/c1-5-22-44(23-6-1)67-73-68(45-24-7-2-8-25-45)77-72(76-67)81-60-38-19-15-35-55(60)62-56(43-57-52-34-16-20-39-61(52)82-66(57)65(62)81)47-28-21-29-48(42-47)70-74-69(46-26-9-3-10-27-46)75-71(78-70)80-59-37-18-14-33-51(59)54-41-40-53-50-32-13-17-36-58(50)79(63(53)64(54)80)49-30-11-4-12-31-49/h1-43H. The highest BCUT2D eigenvalue weighted by molar-refractivity contribution is 7.26. The van der Waals surface area contributed by atoms with Crippen LogP contribution in [0.15, 0.2) is 261 Å². The number of hydrogen-bond donors (Lipinski definition) is 0. The Morgan fingerprint density at radius 2 is 0.683 bits per heavy atom. The van der Waals surface area contributed by atoms with Crippen LogP contribution in [-0.2, 0) is 0 Å². The van der Waals surface area contributed by atoms with Gasteiger partial charge in [-0.25, -0.2) is 9.97 Å². The first-order valence-corrected chi connectivity index (χ1v) is 28.2. The first-order valence-electron chi connectivity index (χ1n) is 27.4. The van der Waals surface area contributed by atoms with Crippen LogP contribution in [0.4, 0.5) is 0 Å². The Morgan fingerprint density at radius 3 is 1.26 bits per heavy atom. The third kappa shape index (κ3) is 7.11. The topological polar surface area (TPSA) is 92.1 Å². The van der Waals surface area contributed by atoms with Gasteiger partial charge in [0.1, 0.15) is 0 Å². The van der Waals surface area contributed by atoms with Crippen molar-refractivity contribution in [1.29, 1.82) is 0 Å². The summed E-state index contributed by atoms with van der Waals surface area (Å²) in [5, 5.41) is 9.05. The van der Waals surface area contributed by atoms with Crippen molar-refractivity contribution in [1.82, 2.24) is 43.6 Å². The molecule has 0 bridgehead atoms. The molecule has 17 rings (SSSR count). The number of aromatic nitrogens is 9. The van der Waals surface area contributed by atoms with Gasteiger partial charge in [-0.2, -0.15) is 19.9 Å². The minimum atomic E-state index is 0.525. The average molecular weight is 1070 g/mol. The minimum Gasteiger partial charge on any atom is -0.307 e. The fraction of sp³-hybridized carbons (Fsp3) is 0. The van der Waals surface area contributed by atoms with Crippen molar-refractivity contribution in [2.24, 2.45) is 0 Å². The number of hydrogen-bond acceptors (Lipinski definition) is 7. The van der Waals surface area contributed by atoms with Crippen molar-refractivity contribution in [3.63, 3.8) is 0 Å². The molecule has 0 radical (unpaired) electrons. The zero-order chi connectivity index (χ0) is 53.8. The van der Waals surface area contributed by atoms with Crippen LogP contribution >= 0.6 is 11.3 Å². The normalized spacial score (nSPS) is 11.9. The molecule has 0 saturated heterocycles. The fourth-order valence-corrected chi connectivity index (χ4v) is 13.6. The lowest BCUT2D eigenvalue weighted by molar-refractivity contribution is 0.953. The van der Waals surface area contributed by atoms with Gasteiger partial charge >= 0.3 is 0 Å². The van der Waals surface area contributed by atoms with E-state index < -0.39 is 0 Å². The monoisotopic (exact) mass is 1070 g/mol. The number of fused-ring (bicyclic) bond motifs is 14. The number of thiophene rings is 1. The number of para-hydroxylation sites is 4. The van der Waals surface area contributed by atoms with E-state index in [9.17, 15) is 0 Å². The number of nitrogens with zero attached hydrogens (tertiary/aromatic N) is 9. The van der Waals surface area contributed by atoms with Crippen molar-refractivity contribution < 1.29 is 0 Å². The van der Waals surface area contributed by atoms with E-state index in [0.717, 1.165) is 109 Å². The van der Waals surface area contributed by atoms with Gasteiger partial charge in [-0.05, 0) is 59.7 Å². The van der Waals surface area contributed by atoms with Crippen LogP contribution in [0.1, 0.15) is 0 Å². The Balaban J connectivity index is 0.933. The van der Waals surface area contributed by atoms with E-state index in [-0.39, 0.29) is 0 Å². The Labute approximate surface area is 473 Å². The van der Waals surface area contributed by atoms with Gasteiger partial charge in [-0.15, -0.1) is 11.3 Å². The van der Waals surface area contributed by atoms with Crippen LogP contribution in [0, 0.1) is 0 Å². The Kier molecular flexibility index (Phi) is 10.3. The van der Waals surface area contributed by atoms with E-state index in [1.807, 2.05) is 54.6 Å². The summed E-state index contributed by atoms with van der Waals surface area (Å²) >= 11 is 1.80. The molecule has 6 heterocycles. The average Bonchev–Trinajstić information content (AvgIpc) is 2.28. The van der Waals surface area contributed by atoms with Gasteiger partial charge in [0.15, 0.2) is 23.3 Å². The van der Waals surface area contributed by atoms with E-state index in [1.54, 1.807) is 11.3 Å². The molecule has 0 atom stereocenters. The molecule has 6 aromatic heterocycles. The highest BCUT2D eigenvalue weighted by Crippen LogP contribution is 2.48. The molecule has 0 aliphatic heterocycles. The molecule has 0 spiro atoms. The van der Waals surface area contributed by atoms with E-state index in [4.69, 9.17) is 29.9 Å². The smallest absolute Gasteiger partial charge is 0.238 e. The predicted octanol–water partition coefficient (Wildman–Crippen LogP) is 18.1. The molecule has 0 aliphatic carbocycles. The molecule has 0 amide bonds. The largest absolute Gasteiger partial charge is 0.307 e. The lowest BCUT2D eigenvalue weighted by Gasteiger charge is -2.14. The van der Waals surface area contributed by atoms with Gasteiger partial charge in [0, 0.05) is 75.7 Å².